The van der Waals surface area contributed by atoms with Crippen molar-refractivity contribution in [1.82, 2.24) is 15.0 Å². The summed E-state index contributed by atoms with van der Waals surface area (Å²) in [6, 6.07) is 9.81. The first kappa shape index (κ1) is 13.1. The molecule has 2 heterocycles. The Hall–Kier alpha value is -2.89. The third kappa shape index (κ3) is 2.43. The van der Waals surface area contributed by atoms with E-state index in [1.165, 1.54) is 7.11 Å². The maximum absolute atomic E-state index is 6.04. The van der Waals surface area contributed by atoms with Gasteiger partial charge in [-0.15, -0.1) is 0 Å². The first-order valence-corrected chi connectivity index (χ1v) is 6.33. The molecule has 1 aromatic carbocycles. The molecular formula is C15H14N4O2. The zero-order valence-corrected chi connectivity index (χ0v) is 11.7. The minimum Gasteiger partial charge on any atom is -0.497 e. The molecule has 0 bridgehead atoms. The van der Waals surface area contributed by atoms with E-state index >= 15 is 0 Å². The van der Waals surface area contributed by atoms with Gasteiger partial charge >= 0.3 is 6.01 Å². The Kier molecular flexibility index (Phi) is 3.27. The number of hydrogen-bond donors (Lipinski definition) is 1. The lowest BCUT2D eigenvalue weighted by Gasteiger charge is -2.08. The van der Waals surface area contributed by atoms with Crippen molar-refractivity contribution in [3.05, 3.63) is 36.5 Å². The molecule has 0 aliphatic carbocycles. The highest BCUT2D eigenvalue weighted by Gasteiger charge is 2.09. The highest BCUT2D eigenvalue weighted by atomic mass is 16.5. The third-order valence-corrected chi connectivity index (χ3v) is 3.16. The highest BCUT2D eigenvalue weighted by molar-refractivity contribution is 5.86. The molecule has 0 saturated heterocycles. The summed E-state index contributed by atoms with van der Waals surface area (Å²) in [5, 5.41) is 0.802. The van der Waals surface area contributed by atoms with Gasteiger partial charge in [0.2, 0.25) is 0 Å². The zero-order valence-electron chi connectivity index (χ0n) is 11.7. The molecule has 0 radical (unpaired) electrons. The average molecular weight is 282 g/mol. The van der Waals surface area contributed by atoms with E-state index in [9.17, 15) is 0 Å². The van der Waals surface area contributed by atoms with Crippen molar-refractivity contribution in [2.24, 2.45) is 0 Å². The molecule has 0 atom stereocenters. The number of rotatable bonds is 3. The van der Waals surface area contributed by atoms with Crippen LogP contribution in [0.1, 0.15) is 0 Å². The van der Waals surface area contributed by atoms with Crippen LogP contribution < -0.4 is 15.2 Å². The number of anilines is 1. The van der Waals surface area contributed by atoms with Gasteiger partial charge in [0.15, 0.2) is 5.65 Å². The Morgan fingerprint density at radius 2 is 1.76 bits per heavy atom. The van der Waals surface area contributed by atoms with Gasteiger partial charge in [-0.1, -0.05) is 12.1 Å². The Balaban J connectivity index is 2.11. The van der Waals surface area contributed by atoms with Gasteiger partial charge in [-0.2, -0.15) is 4.98 Å². The second kappa shape index (κ2) is 5.24. The molecule has 6 heteroatoms. The molecule has 0 amide bonds. The van der Waals surface area contributed by atoms with Crippen LogP contribution in [0.15, 0.2) is 36.5 Å². The number of methoxy groups -OCH3 is 2. The van der Waals surface area contributed by atoms with Crippen molar-refractivity contribution in [3.8, 4) is 22.9 Å². The second-order valence-electron chi connectivity index (χ2n) is 4.42. The van der Waals surface area contributed by atoms with Gasteiger partial charge in [0.1, 0.15) is 11.6 Å². The standard InChI is InChI=1S/C15H14N4O2/c1-20-11-5-3-9(4-6-11)12-7-10-8-17-15(21-2)19-14(10)18-13(12)16/h3-8H,1-2H3,(H2,16,17,18,19). The zero-order chi connectivity index (χ0) is 14.8. The summed E-state index contributed by atoms with van der Waals surface area (Å²) in [6.07, 6.45) is 1.67. The van der Waals surface area contributed by atoms with Gasteiger partial charge in [0.05, 0.1) is 14.2 Å². The molecule has 0 aliphatic heterocycles. The van der Waals surface area contributed by atoms with Crippen LogP contribution in [-0.2, 0) is 0 Å². The monoisotopic (exact) mass is 282 g/mol. The van der Waals surface area contributed by atoms with Crippen LogP contribution in [0.4, 0.5) is 5.82 Å². The van der Waals surface area contributed by atoms with Crippen molar-refractivity contribution < 1.29 is 9.47 Å². The fourth-order valence-corrected chi connectivity index (χ4v) is 2.06. The Labute approximate surface area is 121 Å². The normalized spacial score (nSPS) is 10.6. The second-order valence-corrected chi connectivity index (χ2v) is 4.42. The maximum Gasteiger partial charge on any atom is 0.318 e. The van der Waals surface area contributed by atoms with Crippen molar-refractivity contribution in [1.29, 1.82) is 0 Å². The quantitative estimate of drug-likeness (QED) is 0.793. The predicted molar refractivity (Wildman–Crippen MR) is 80.3 cm³/mol. The van der Waals surface area contributed by atoms with Crippen LogP contribution in [0.3, 0.4) is 0 Å². The van der Waals surface area contributed by atoms with Gasteiger partial charge in [0, 0.05) is 17.1 Å². The van der Waals surface area contributed by atoms with E-state index in [-0.39, 0.29) is 6.01 Å². The highest BCUT2D eigenvalue weighted by Crippen LogP contribution is 2.29. The molecule has 2 aromatic heterocycles. The number of nitrogens with zero attached hydrogens (tertiary/aromatic N) is 3. The van der Waals surface area contributed by atoms with Crippen LogP contribution in [-0.4, -0.2) is 29.2 Å². The molecule has 6 nitrogen and oxygen atoms in total. The summed E-state index contributed by atoms with van der Waals surface area (Å²) in [5.74, 6) is 1.20. The minimum absolute atomic E-state index is 0.270. The lowest BCUT2D eigenvalue weighted by Crippen LogP contribution is -1.99. The smallest absolute Gasteiger partial charge is 0.318 e. The summed E-state index contributed by atoms with van der Waals surface area (Å²) >= 11 is 0. The van der Waals surface area contributed by atoms with E-state index in [1.54, 1.807) is 13.3 Å². The maximum atomic E-state index is 6.04. The van der Waals surface area contributed by atoms with Crippen LogP contribution >= 0.6 is 0 Å². The third-order valence-electron chi connectivity index (χ3n) is 3.16. The number of nitrogen functional groups attached to an aromatic ring is 1. The van der Waals surface area contributed by atoms with Crippen LogP contribution in [0, 0.1) is 0 Å². The van der Waals surface area contributed by atoms with E-state index in [2.05, 4.69) is 15.0 Å². The van der Waals surface area contributed by atoms with Crippen molar-refractivity contribution in [2.75, 3.05) is 20.0 Å². The first-order valence-electron chi connectivity index (χ1n) is 6.33. The van der Waals surface area contributed by atoms with E-state index < -0.39 is 0 Å². The molecule has 0 saturated carbocycles. The molecule has 3 rings (SSSR count). The summed E-state index contributed by atoms with van der Waals surface area (Å²) in [5.41, 5.74) is 8.34. The Morgan fingerprint density at radius 3 is 2.43 bits per heavy atom. The summed E-state index contributed by atoms with van der Waals surface area (Å²) in [7, 11) is 3.14. The molecule has 2 N–H and O–H groups in total. The molecule has 0 fully saturated rings. The topological polar surface area (TPSA) is 83.2 Å². The molecule has 0 spiro atoms. The lowest BCUT2D eigenvalue weighted by atomic mass is 10.1. The molecule has 0 unspecified atom stereocenters. The van der Waals surface area contributed by atoms with Crippen molar-refractivity contribution >= 4 is 16.9 Å². The van der Waals surface area contributed by atoms with Crippen LogP contribution in [0.5, 0.6) is 11.8 Å². The number of aromatic nitrogens is 3. The van der Waals surface area contributed by atoms with Gasteiger partial charge in [-0.05, 0) is 23.8 Å². The minimum atomic E-state index is 0.270. The average Bonchev–Trinajstić information content (AvgIpc) is 2.53. The van der Waals surface area contributed by atoms with Crippen molar-refractivity contribution in [2.45, 2.75) is 0 Å². The largest absolute Gasteiger partial charge is 0.497 e. The number of pyridine rings is 1. The molecule has 0 aliphatic rings. The fraction of sp³-hybridized carbons (Fsp3) is 0.133. The fourth-order valence-electron chi connectivity index (χ4n) is 2.06. The van der Waals surface area contributed by atoms with Crippen LogP contribution in [0.25, 0.3) is 22.2 Å². The molecule has 106 valence electrons. The Morgan fingerprint density at radius 1 is 1.00 bits per heavy atom. The van der Waals surface area contributed by atoms with E-state index in [4.69, 9.17) is 15.2 Å². The van der Waals surface area contributed by atoms with Gasteiger partial charge in [0.25, 0.3) is 0 Å². The number of benzene rings is 1. The van der Waals surface area contributed by atoms with Gasteiger partial charge < -0.3 is 15.2 Å². The van der Waals surface area contributed by atoms with E-state index in [0.29, 0.717) is 11.5 Å². The number of hydrogen-bond acceptors (Lipinski definition) is 6. The van der Waals surface area contributed by atoms with E-state index in [0.717, 1.165) is 22.3 Å². The summed E-state index contributed by atoms with van der Waals surface area (Å²) < 4.78 is 10.1. The predicted octanol–water partition coefficient (Wildman–Crippen LogP) is 2.29. The number of fused-ring (bicyclic) bond motifs is 1. The SMILES string of the molecule is COc1ccc(-c2cc3cnc(OC)nc3nc2N)cc1. The number of ether oxygens (including phenoxy) is 2. The lowest BCUT2D eigenvalue weighted by molar-refractivity contribution is 0.381. The molecule has 3 aromatic rings. The summed E-state index contributed by atoms with van der Waals surface area (Å²) in [4.78, 5) is 12.6. The molecular weight excluding hydrogens is 268 g/mol. The van der Waals surface area contributed by atoms with Gasteiger partial charge in [-0.25, -0.2) is 9.97 Å². The first-order chi connectivity index (χ1) is 10.2. The molecule has 21 heavy (non-hydrogen) atoms. The number of nitrogens with two attached hydrogens (primary N) is 1. The van der Waals surface area contributed by atoms with E-state index in [1.807, 2.05) is 30.3 Å². The van der Waals surface area contributed by atoms with Crippen LogP contribution in [0.2, 0.25) is 0 Å². The summed E-state index contributed by atoms with van der Waals surface area (Å²) in [6.45, 7) is 0. The Bertz CT molecular complexity index is 788. The van der Waals surface area contributed by atoms with Crippen molar-refractivity contribution in [3.63, 3.8) is 0 Å². The van der Waals surface area contributed by atoms with Gasteiger partial charge in [-0.3, -0.25) is 0 Å².